The second kappa shape index (κ2) is 8.05. The first kappa shape index (κ1) is 21.5. The zero-order valence-electron chi connectivity index (χ0n) is 14.7. The van der Waals surface area contributed by atoms with Crippen molar-refractivity contribution in [2.45, 2.75) is 24.9 Å². The minimum Gasteiger partial charge on any atom is -0.482 e. The summed E-state index contributed by atoms with van der Waals surface area (Å²) in [5.74, 6) is -1.79. The van der Waals surface area contributed by atoms with Crippen LogP contribution >= 0.6 is 0 Å². The number of amides is 1. The van der Waals surface area contributed by atoms with Gasteiger partial charge in [-0.25, -0.2) is 12.8 Å². The molecular formula is C17H16F4N2O4S. The fourth-order valence-corrected chi connectivity index (χ4v) is 3.57. The molecule has 0 atom stereocenters. The van der Waals surface area contributed by atoms with Crippen molar-refractivity contribution < 1.29 is 35.5 Å². The number of alkyl halides is 3. The molecule has 0 saturated heterocycles. The van der Waals surface area contributed by atoms with Gasteiger partial charge in [-0.3, -0.25) is 9.52 Å². The summed E-state index contributed by atoms with van der Waals surface area (Å²) in [6.07, 6.45) is -4.66. The standard InChI is InChI=1S/C17H16F4N2O4S/c1-10-3-5-13(22-11(2)24)8-16(10)28(25,26)23-14-7-12(18)4-6-15(14)27-9-17(19,20)21/h3-8,23H,9H2,1-2H3,(H,22,24). The molecule has 28 heavy (non-hydrogen) atoms. The smallest absolute Gasteiger partial charge is 0.422 e. The zero-order chi connectivity index (χ0) is 21.1. The molecule has 6 nitrogen and oxygen atoms in total. The van der Waals surface area contributed by atoms with Crippen LogP contribution < -0.4 is 14.8 Å². The quantitative estimate of drug-likeness (QED) is 0.696. The summed E-state index contributed by atoms with van der Waals surface area (Å²) in [5.41, 5.74) is 0.00982. The molecule has 0 aromatic heterocycles. The van der Waals surface area contributed by atoms with E-state index in [9.17, 15) is 30.8 Å². The van der Waals surface area contributed by atoms with Gasteiger partial charge in [-0.2, -0.15) is 13.2 Å². The minimum absolute atomic E-state index is 0.200. The molecule has 0 saturated carbocycles. The highest BCUT2D eigenvalue weighted by molar-refractivity contribution is 7.92. The Kier molecular flexibility index (Phi) is 6.17. The van der Waals surface area contributed by atoms with E-state index in [2.05, 4.69) is 10.1 Å². The average molecular weight is 420 g/mol. The van der Waals surface area contributed by atoms with Crippen LogP contribution in [0, 0.1) is 12.7 Å². The molecule has 2 N–H and O–H groups in total. The largest absolute Gasteiger partial charge is 0.482 e. The second-order valence-electron chi connectivity index (χ2n) is 5.81. The predicted molar refractivity (Wildman–Crippen MR) is 94.2 cm³/mol. The molecule has 1 amide bonds. The van der Waals surface area contributed by atoms with Gasteiger partial charge in [-0.15, -0.1) is 0 Å². The Hall–Kier alpha value is -2.82. The Bertz CT molecular complexity index is 991. The van der Waals surface area contributed by atoms with E-state index >= 15 is 0 Å². The summed E-state index contributed by atoms with van der Waals surface area (Å²) in [6, 6.07) is 6.53. The number of anilines is 2. The van der Waals surface area contributed by atoms with Crippen LogP contribution in [0.25, 0.3) is 0 Å². The Morgan fingerprint density at radius 2 is 1.82 bits per heavy atom. The predicted octanol–water partition coefficient (Wildman–Crippen LogP) is 3.83. The summed E-state index contributed by atoms with van der Waals surface area (Å²) in [7, 11) is -4.32. The van der Waals surface area contributed by atoms with E-state index in [1.54, 1.807) is 0 Å². The highest BCUT2D eigenvalue weighted by Gasteiger charge is 2.29. The van der Waals surface area contributed by atoms with Crippen molar-refractivity contribution in [2.75, 3.05) is 16.6 Å². The van der Waals surface area contributed by atoms with E-state index in [1.165, 1.54) is 32.0 Å². The van der Waals surface area contributed by atoms with Crippen molar-refractivity contribution in [3.63, 3.8) is 0 Å². The van der Waals surface area contributed by atoms with E-state index in [0.29, 0.717) is 11.6 Å². The number of hydrogen-bond donors (Lipinski definition) is 2. The molecular weight excluding hydrogens is 404 g/mol. The Labute approximate surface area is 158 Å². The third kappa shape index (κ3) is 5.84. The number of nitrogens with one attached hydrogen (secondary N) is 2. The van der Waals surface area contributed by atoms with Crippen LogP contribution in [-0.2, 0) is 14.8 Å². The number of rotatable bonds is 6. The molecule has 152 valence electrons. The maximum atomic E-state index is 13.5. The lowest BCUT2D eigenvalue weighted by molar-refractivity contribution is -0.153. The number of carbonyl (C=O) groups is 1. The van der Waals surface area contributed by atoms with Crippen LogP contribution in [0.1, 0.15) is 12.5 Å². The monoisotopic (exact) mass is 420 g/mol. The van der Waals surface area contributed by atoms with Crippen molar-refractivity contribution in [3.8, 4) is 5.75 Å². The second-order valence-corrected chi connectivity index (χ2v) is 7.46. The molecule has 2 aromatic rings. The molecule has 0 aliphatic rings. The van der Waals surface area contributed by atoms with Gasteiger partial charge in [-0.05, 0) is 36.8 Å². The van der Waals surface area contributed by atoms with Gasteiger partial charge in [0.2, 0.25) is 5.91 Å². The van der Waals surface area contributed by atoms with Crippen LogP contribution in [0.5, 0.6) is 5.75 Å². The van der Waals surface area contributed by atoms with Crippen LogP contribution in [0.3, 0.4) is 0 Å². The van der Waals surface area contributed by atoms with E-state index in [4.69, 9.17) is 0 Å². The van der Waals surface area contributed by atoms with Crippen molar-refractivity contribution in [2.24, 2.45) is 0 Å². The van der Waals surface area contributed by atoms with E-state index in [-0.39, 0.29) is 10.6 Å². The summed E-state index contributed by atoms with van der Waals surface area (Å²) in [6.45, 7) is 1.05. The average Bonchev–Trinajstić information content (AvgIpc) is 2.54. The Balaban J connectivity index is 2.39. The van der Waals surface area contributed by atoms with Gasteiger partial charge < -0.3 is 10.1 Å². The fourth-order valence-electron chi connectivity index (χ4n) is 2.24. The lowest BCUT2D eigenvalue weighted by Crippen LogP contribution is -2.21. The van der Waals surface area contributed by atoms with Crippen molar-refractivity contribution in [1.82, 2.24) is 0 Å². The van der Waals surface area contributed by atoms with E-state index in [0.717, 1.165) is 12.1 Å². The van der Waals surface area contributed by atoms with Crippen LogP contribution in [0.2, 0.25) is 0 Å². The molecule has 2 rings (SSSR count). The number of ether oxygens (including phenoxy) is 1. The summed E-state index contributed by atoms with van der Waals surface area (Å²) in [4.78, 5) is 10.9. The van der Waals surface area contributed by atoms with Crippen LogP contribution in [-0.4, -0.2) is 27.1 Å². The van der Waals surface area contributed by atoms with E-state index in [1.807, 2.05) is 4.72 Å². The number of hydrogen-bond acceptors (Lipinski definition) is 4. The third-order valence-electron chi connectivity index (χ3n) is 3.38. The molecule has 0 fully saturated rings. The first-order chi connectivity index (χ1) is 12.9. The lowest BCUT2D eigenvalue weighted by Gasteiger charge is -2.16. The fraction of sp³-hybridized carbons (Fsp3) is 0.235. The number of benzene rings is 2. The molecule has 0 spiro atoms. The molecule has 0 aliphatic carbocycles. The molecule has 0 radical (unpaired) electrons. The molecule has 0 aliphatic heterocycles. The minimum atomic E-state index is -4.66. The lowest BCUT2D eigenvalue weighted by atomic mass is 10.2. The van der Waals surface area contributed by atoms with Crippen molar-refractivity contribution in [1.29, 1.82) is 0 Å². The summed E-state index contributed by atoms with van der Waals surface area (Å²) < 4.78 is 82.7. The maximum Gasteiger partial charge on any atom is 0.422 e. The van der Waals surface area contributed by atoms with Gasteiger partial charge in [0.1, 0.15) is 11.6 Å². The first-order valence-corrected chi connectivity index (χ1v) is 9.26. The van der Waals surface area contributed by atoms with Gasteiger partial charge in [0.25, 0.3) is 10.0 Å². The van der Waals surface area contributed by atoms with Gasteiger partial charge >= 0.3 is 6.18 Å². The number of sulfonamides is 1. The van der Waals surface area contributed by atoms with Crippen molar-refractivity contribution >= 4 is 27.3 Å². The Morgan fingerprint density at radius 1 is 1.14 bits per heavy atom. The summed E-state index contributed by atoms with van der Waals surface area (Å²) in [5, 5.41) is 2.42. The zero-order valence-corrected chi connectivity index (χ0v) is 15.5. The molecule has 2 aromatic carbocycles. The first-order valence-electron chi connectivity index (χ1n) is 7.77. The van der Waals surface area contributed by atoms with Gasteiger partial charge in [-0.1, -0.05) is 6.07 Å². The van der Waals surface area contributed by atoms with Gasteiger partial charge in [0.15, 0.2) is 6.61 Å². The Morgan fingerprint density at radius 3 is 2.43 bits per heavy atom. The summed E-state index contributed by atoms with van der Waals surface area (Å²) >= 11 is 0. The maximum absolute atomic E-state index is 13.5. The SMILES string of the molecule is CC(=O)Nc1ccc(C)c(S(=O)(=O)Nc2cc(F)ccc2OCC(F)(F)F)c1. The highest BCUT2D eigenvalue weighted by Crippen LogP contribution is 2.31. The van der Waals surface area contributed by atoms with Crippen molar-refractivity contribution in [3.05, 3.63) is 47.8 Å². The highest BCUT2D eigenvalue weighted by atomic mass is 32.2. The number of halogens is 4. The van der Waals surface area contributed by atoms with Crippen LogP contribution in [0.15, 0.2) is 41.3 Å². The number of carbonyl (C=O) groups excluding carboxylic acids is 1. The number of aryl methyl sites for hydroxylation is 1. The normalized spacial score (nSPS) is 11.8. The molecule has 0 unspecified atom stereocenters. The molecule has 0 bridgehead atoms. The third-order valence-corrected chi connectivity index (χ3v) is 4.88. The van der Waals surface area contributed by atoms with Gasteiger partial charge in [0.05, 0.1) is 10.6 Å². The van der Waals surface area contributed by atoms with E-state index < -0.39 is 46.0 Å². The molecule has 11 heteroatoms. The topological polar surface area (TPSA) is 84.5 Å². The molecule has 0 heterocycles. The van der Waals surface area contributed by atoms with Gasteiger partial charge in [0, 0.05) is 18.7 Å². The van der Waals surface area contributed by atoms with Crippen LogP contribution in [0.4, 0.5) is 28.9 Å².